The molecule has 1 saturated heterocycles. The van der Waals surface area contributed by atoms with E-state index in [0.717, 1.165) is 32.7 Å². The molecule has 1 aliphatic heterocycles. The molecule has 1 aromatic rings. The highest BCUT2D eigenvalue weighted by Gasteiger charge is 2.23. The molecule has 2 heterocycles. The average molecular weight is 295 g/mol. The lowest BCUT2D eigenvalue weighted by atomic mass is 10.0. The molecule has 2 rings (SSSR count). The van der Waals surface area contributed by atoms with Crippen LogP contribution in [0.2, 0.25) is 0 Å². The maximum absolute atomic E-state index is 12.0. The van der Waals surface area contributed by atoms with E-state index in [1.807, 2.05) is 0 Å². The lowest BCUT2D eigenvalue weighted by molar-refractivity contribution is 0.0124. The molecule has 118 valence electrons. The van der Waals surface area contributed by atoms with E-state index in [9.17, 15) is 4.79 Å². The lowest BCUT2D eigenvalue weighted by Gasteiger charge is -2.35. The van der Waals surface area contributed by atoms with E-state index in [0.29, 0.717) is 24.2 Å². The summed E-state index contributed by atoms with van der Waals surface area (Å²) < 4.78 is 10.4. The van der Waals surface area contributed by atoms with Crippen LogP contribution in [-0.4, -0.2) is 54.9 Å². The minimum Gasteiger partial charge on any atom is -0.379 e. The molecule has 1 atom stereocenters. The van der Waals surface area contributed by atoms with E-state index < -0.39 is 0 Å². The zero-order chi connectivity index (χ0) is 15.2. The smallest absolute Gasteiger partial charge is 0.289 e. The highest BCUT2D eigenvalue weighted by Crippen LogP contribution is 2.13. The van der Waals surface area contributed by atoms with Gasteiger partial charge in [0, 0.05) is 31.7 Å². The molecule has 1 N–H and O–H groups in total. The number of morpholine rings is 1. The molecule has 0 aliphatic carbocycles. The van der Waals surface area contributed by atoms with Crippen LogP contribution in [0, 0.1) is 12.8 Å². The summed E-state index contributed by atoms with van der Waals surface area (Å²) in [5.41, 5.74) is 0.715. The van der Waals surface area contributed by atoms with Crippen LogP contribution in [0.25, 0.3) is 0 Å². The second-order valence-electron chi connectivity index (χ2n) is 5.97. The third-order valence-corrected chi connectivity index (χ3v) is 3.66. The van der Waals surface area contributed by atoms with E-state index in [1.165, 1.54) is 0 Å². The molecule has 0 radical (unpaired) electrons. The quantitative estimate of drug-likeness (QED) is 0.860. The normalized spacial score (nSPS) is 17.9. The number of hydrogen-bond donors (Lipinski definition) is 1. The number of aromatic nitrogens is 1. The summed E-state index contributed by atoms with van der Waals surface area (Å²) in [6.45, 7) is 10.2. The van der Waals surface area contributed by atoms with Crippen LogP contribution in [0.1, 0.15) is 36.5 Å². The van der Waals surface area contributed by atoms with Crippen molar-refractivity contribution in [1.29, 1.82) is 0 Å². The Morgan fingerprint density at radius 1 is 1.43 bits per heavy atom. The summed E-state index contributed by atoms with van der Waals surface area (Å²) in [4.78, 5) is 14.4. The van der Waals surface area contributed by atoms with E-state index in [-0.39, 0.29) is 11.7 Å². The van der Waals surface area contributed by atoms with Gasteiger partial charge in [-0.15, -0.1) is 0 Å². The number of hydrogen-bond acceptors (Lipinski definition) is 5. The Morgan fingerprint density at radius 2 is 2.14 bits per heavy atom. The fourth-order valence-electron chi connectivity index (χ4n) is 2.62. The largest absolute Gasteiger partial charge is 0.379 e. The monoisotopic (exact) mass is 295 g/mol. The van der Waals surface area contributed by atoms with Gasteiger partial charge in [-0.05, 0) is 19.3 Å². The molecule has 0 bridgehead atoms. The molecule has 6 heteroatoms. The highest BCUT2D eigenvalue weighted by atomic mass is 16.5. The third kappa shape index (κ3) is 4.82. The minimum atomic E-state index is -0.197. The topological polar surface area (TPSA) is 67.6 Å². The van der Waals surface area contributed by atoms with Crippen LogP contribution < -0.4 is 5.32 Å². The fraction of sp³-hybridized carbons (Fsp3) is 0.733. The molecule has 0 unspecified atom stereocenters. The Bertz CT molecular complexity index is 453. The summed E-state index contributed by atoms with van der Waals surface area (Å²) >= 11 is 0. The Morgan fingerprint density at radius 3 is 2.71 bits per heavy atom. The van der Waals surface area contributed by atoms with Gasteiger partial charge in [-0.1, -0.05) is 19.0 Å². The summed E-state index contributed by atoms with van der Waals surface area (Å²) in [5, 5.41) is 6.70. The van der Waals surface area contributed by atoms with Crippen LogP contribution in [0.5, 0.6) is 0 Å². The molecule has 1 amide bonds. The number of ether oxygens (including phenoxy) is 1. The van der Waals surface area contributed by atoms with E-state index in [4.69, 9.17) is 9.26 Å². The Labute approximate surface area is 125 Å². The number of rotatable bonds is 6. The summed E-state index contributed by atoms with van der Waals surface area (Å²) in [5.74, 6) is 0.665. The second-order valence-corrected chi connectivity index (χ2v) is 5.97. The van der Waals surface area contributed by atoms with Gasteiger partial charge in [0.05, 0.1) is 18.9 Å². The standard InChI is InChI=1S/C15H25N3O3/c1-11(2)8-13(18-4-6-20-7-5-18)10-16-15(19)14-9-12(3)17-21-14/h9,11,13H,4-8,10H2,1-3H3,(H,16,19)/t13-/m1/s1. The van der Waals surface area contributed by atoms with Crippen molar-refractivity contribution in [2.75, 3.05) is 32.8 Å². The van der Waals surface area contributed by atoms with Gasteiger partial charge in [0.2, 0.25) is 5.76 Å². The van der Waals surface area contributed by atoms with Crippen molar-refractivity contribution < 1.29 is 14.1 Å². The Kier molecular flexibility index (Phi) is 5.76. The highest BCUT2D eigenvalue weighted by molar-refractivity contribution is 5.91. The van der Waals surface area contributed by atoms with Crippen molar-refractivity contribution in [2.45, 2.75) is 33.2 Å². The average Bonchev–Trinajstić information content (AvgIpc) is 2.90. The molecule has 6 nitrogen and oxygen atoms in total. The predicted molar refractivity (Wildman–Crippen MR) is 79.2 cm³/mol. The zero-order valence-corrected chi connectivity index (χ0v) is 13.1. The van der Waals surface area contributed by atoms with Crippen molar-refractivity contribution in [3.63, 3.8) is 0 Å². The summed E-state index contributed by atoms with van der Waals surface area (Å²) in [6, 6.07) is 1.99. The van der Waals surface area contributed by atoms with Crippen LogP contribution in [0.3, 0.4) is 0 Å². The third-order valence-electron chi connectivity index (χ3n) is 3.66. The first-order valence-electron chi connectivity index (χ1n) is 7.59. The van der Waals surface area contributed by atoms with Crippen molar-refractivity contribution in [1.82, 2.24) is 15.4 Å². The number of carbonyl (C=O) groups excluding carboxylic acids is 1. The molecule has 1 aromatic heterocycles. The SMILES string of the molecule is Cc1cc(C(=O)NC[C@@H](CC(C)C)N2CCOCC2)on1. The summed E-state index contributed by atoms with van der Waals surface area (Å²) in [7, 11) is 0. The van der Waals surface area contributed by atoms with Gasteiger partial charge in [0.1, 0.15) is 0 Å². The fourth-order valence-corrected chi connectivity index (χ4v) is 2.62. The van der Waals surface area contributed by atoms with Gasteiger partial charge in [-0.3, -0.25) is 9.69 Å². The van der Waals surface area contributed by atoms with Crippen LogP contribution in [0.15, 0.2) is 10.6 Å². The first-order valence-corrected chi connectivity index (χ1v) is 7.59. The number of amides is 1. The van der Waals surface area contributed by atoms with Gasteiger partial charge in [-0.25, -0.2) is 0 Å². The predicted octanol–water partition coefficient (Wildman–Crippen LogP) is 1.46. The second kappa shape index (κ2) is 7.56. The molecule has 1 fully saturated rings. The molecular weight excluding hydrogens is 270 g/mol. The molecule has 21 heavy (non-hydrogen) atoms. The van der Waals surface area contributed by atoms with E-state index in [1.54, 1.807) is 13.0 Å². The van der Waals surface area contributed by atoms with Crippen LogP contribution in [-0.2, 0) is 4.74 Å². The first-order chi connectivity index (χ1) is 10.1. The van der Waals surface area contributed by atoms with Gasteiger partial charge < -0.3 is 14.6 Å². The number of nitrogens with zero attached hydrogens (tertiary/aromatic N) is 2. The van der Waals surface area contributed by atoms with Crippen molar-refractivity contribution in [3.8, 4) is 0 Å². The van der Waals surface area contributed by atoms with Gasteiger partial charge in [0.25, 0.3) is 5.91 Å². The molecule has 0 aromatic carbocycles. The van der Waals surface area contributed by atoms with Crippen LogP contribution >= 0.6 is 0 Å². The number of nitrogens with one attached hydrogen (secondary N) is 1. The first kappa shape index (κ1) is 16.0. The molecule has 1 aliphatic rings. The molecule has 0 spiro atoms. The summed E-state index contributed by atoms with van der Waals surface area (Å²) in [6.07, 6.45) is 1.05. The Hall–Kier alpha value is -1.40. The van der Waals surface area contributed by atoms with Crippen molar-refractivity contribution in [2.24, 2.45) is 5.92 Å². The van der Waals surface area contributed by atoms with Gasteiger partial charge in [0.15, 0.2) is 0 Å². The maximum Gasteiger partial charge on any atom is 0.289 e. The van der Waals surface area contributed by atoms with Crippen molar-refractivity contribution in [3.05, 3.63) is 17.5 Å². The molecule has 0 saturated carbocycles. The maximum atomic E-state index is 12.0. The van der Waals surface area contributed by atoms with Crippen molar-refractivity contribution >= 4 is 5.91 Å². The number of aryl methyl sites for hydroxylation is 1. The zero-order valence-electron chi connectivity index (χ0n) is 13.1. The van der Waals surface area contributed by atoms with E-state index in [2.05, 4.69) is 29.2 Å². The Balaban J connectivity index is 1.90. The molecular formula is C15H25N3O3. The van der Waals surface area contributed by atoms with E-state index >= 15 is 0 Å². The lowest BCUT2D eigenvalue weighted by Crippen LogP contribution is -2.49. The minimum absolute atomic E-state index is 0.197. The number of carbonyl (C=O) groups is 1. The van der Waals surface area contributed by atoms with Gasteiger partial charge in [-0.2, -0.15) is 0 Å². The van der Waals surface area contributed by atoms with Gasteiger partial charge >= 0.3 is 0 Å². The van der Waals surface area contributed by atoms with Crippen LogP contribution in [0.4, 0.5) is 0 Å².